The molecule has 5 unspecified atom stereocenters. The van der Waals surface area contributed by atoms with E-state index in [0.29, 0.717) is 11.8 Å². The summed E-state index contributed by atoms with van der Waals surface area (Å²) in [5.74, 6) is 2.92. The molecule has 0 amide bonds. The van der Waals surface area contributed by atoms with Gasteiger partial charge < -0.3 is 5.11 Å². The van der Waals surface area contributed by atoms with Gasteiger partial charge >= 0.3 is 0 Å². The highest BCUT2D eigenvalue weighted by atomic mass is 16.3. The molecule has 0 bridgehead atoms. The summed E-state index contributed by atoms with van der Waals surface area (Å²) in [6.07, 6.45) is 6.55. The summed E-state index contributed by atoms with van der Waals surface area (Å²) >= 11 is 0. The number of rotatable bonds is 2. The minimum absolute atomic E-state index is 0.0257. The maximum Gasteiger partial charge on any atom is 0.0599 e. The van der Waals surface area contributed by atoms with Crippen LogP contribution in [0.15, 0.2) is 0 Å². The van der Waals surface area contributed by atoms with Crippen molar-refractivity contribution in [3.05, 3.63) is 0 Å². The first-order valence-electron chi connectivity index (χ1n) is 5.86. The monoisotopic (exact) mass is 182 g/mol. The third kappa shape index (κ3) is 2.07. The van der Waals surface area contributed by atoms with E-state index in [1.165, 1.54) is 32.1 Å². The fraction of sp³-hybridized carbons (Fsp3) is 1.00. The molecule has 1 nitrogen and oxygen atoms in total. The molecule has 0 heterocycles. The molecule has 0 aromatic rings. The molecule has 2 saturated carbocycles. The summed E-state index contributed by atoms with van der Waals surface area (Å²) in [6, 6.07) is 0. The summed E-state index contributed by atoms with van der Waals surface area (Å²) in [6.45, 7) is 4.59. The van der Waals surface area contributed by atoms with Gasteiger partial charge in [-0.2, -0.15) is 0 Å². The minimum Gasteiger partial charge on any atom is -0.393 e. The highest BCUT2D eigenvalue weighted by Crippen LogP contribution is 2.45. The fourth-order valence-corrected chi connectivity index (χ4v) is 2.97. The first-order chi connectivity index (χ1) is 6.18. The van der Waals surface area contributed by atoms with Crippen molar-refractivity contribution < 1.29 is 5.11 Å². The maximum absolute atomic E-state index is 10.1. The van der Waals surface area contributed by atoms with E-state index in [-0.39, 0.29) is 6.10 Å². The average molecular weight is 182 g/mol. The standard InChI is InChI=1S/C12H22O/c1-8-4-3-5-10(6-8)12(13)11-7-9(11)2/h8-13H,3-7H2,1-2H3. The zero-order chi connectivity index (χ0) is 9.42. The second-order valence-corrected chi connectivity index (χ2v) is 5.40. The number of aliphatic hydroxyl groups is 1. The molecule has 2 aliphatic rings. The Hall–Kier alpha value is -0.0400. The van der Waals surface area contributed by atoms with E-state index < -0.39 is 0 Å². The Morgan fingerprint density at radius 1 is 1.15 bits per heavy atom. The average Bonchev–Trinajstić information content (AvgIpc) is 2.81. The SMILES string of the molecule is CC1CCCC(C(O)C2CC2C)C1. The summed E-state index contributed by atoms with van der Waals surface area (Å²) in [5, 5.41) is 10.1. The summed E-state index contributed by atoms with van der Waals surface area (Å²) in [5.41, 5.74) is 0. The van der Waals surface area contributed by atoms with E-state index in [4.69, 9.17) is 0 Å². The molecule has 0 radical (unpaired) electrons. The molecule has 2 aliphatic carbocycles. The van der Waals surface area contributed by atoms with Gasteiger partial charge in [0.25, 0.3) is 0 Å². The normalized spacial score (nSPS) is 47.3. The molecule has 76 valence electrons. The molecule has 0 aromatic heterocycles. The van der Waals surface area contributed by atoms with Gasteiger partial charge in [-0.05, 0) is 42.9 Å². The van der Waals surface area contributed by atoms with Crippen LogP contribution in [0, 0.1) is 23.7 Å². The summed E-state index contributed by atoms with van der Waals surface area (Å²) in [4.78, 5) is 0. The van der Waals surface area contributed by atoms with E-state index >= 15 is 0 Å². The van der Waals surface area contributed by atoms with E-state index in [9.17, 15) is 5.11 Å². The van der Waals surface area contributed by atoms with Gasteiger partial charge in [0.05, 0.1) is 6.10 Å². The van der Waals surface area contributed by atoms with Crippen LogP contribution in [-0.4, -0.2) is 11.2 Å². The van der Waals surface area contributed by atoms with Gasteiger partial charge in [0, 0.05) is 0 Å². The van der Waals surface area contributed by atoms with Gasteiger partial charge in [-0.1, -0.05) is 26.7 Å². The topological polar surface area (TPSA) is 20.2 Å². The molecule has 13 heavy (non-hydrogen) atoms. The predicted octanol–water partition coefficient (Wildman–Crippen LogP) is 2.83. The molecule has 2 rings (SSSR count). The predicted molar refractivity (Wildman–Crippen MR) is 54.4 cm³/mol. The zero-order valence-corrected chi connectivity index (χ0v) is 8.87. The van der Waals surface area contributed by atoms with E-state index in [1.807, 2.05) is 0 Å². The highest BCUT2D eigenvalue weighted by Gasteiger charge is 2.42. The fourth-order valence-electron chi connectivity index (χ4n) is 2.97. The van der Waals surface area contributed by atoms with Crippen molar-refractivity contribution in [2.24, 2.45) is 23.7 Å². The van der Waals surface area contributed by atoms with Gasteiger partial charge in [0.1, 0.15) is 0 Å². The van der Waals surface area contributed by atoms with Crippen molar-refractivity contribution in [3.63, 3.8) is 0 Å². The van der Waals surface area contributed by atoms with Gasteiger partial charge in [0.2, 0.25) is 0 Å². The molecule has 0 saturated heterocycles. The summed E-state index contributed by atoms with van der Waals surface area (Å²) < 4.78 is 0. The Morgan fingerprint density at radius 3 is 2.38 bits per heavy atom. The van der Waals surface area contributed by atoms with Crippen LogP contribution in [0.2, 0.25) is 0 Å². The van der Waals surface area contributed by atoms with Crippen LogP contribution in [0.3, 0.4) is 0 Å². The number of hydrogen-bond donors (Lipinski definition) is 1. The Balaban J connectivity index is 1.85. The second-order valence-electron chi connectivity index (χ2n) is 5.40. The van der Waals surface area contributed by atoms with Crippen molar-refractivity contribution in [2.75, 3.05) is 0 Å². The first kappa shape index (κ1) is 9.51. The largest absolute Gasteiger partial charge is 0.393 e. The van der Waals surface area contributed by atoms with Crippen molar-refractivity contribution >= 4 is 0 Å². The van der Waals surface area contributed by atoms with Gasteiger partial charge in [-0.3, -0.25) is 0 Å². The molecular formula is C12H22O. The molecule has 1 N–H and O–H groups in total. The zero-order valence-electron chi connectivity index (χ0n) is 8.87. The van der Waals surface area contributed by atoms with Crippen LogP contribution in [0.1, 0.15) is 46.0 Å². The van der Waals surface area contributed by atoms with Crippen LogP contribution >= 0.6 is 0 Å². The van der Waals surface area contributed by atoms with Crippen molar-refractivity contribution in [2.45, 2.75) is 52.1 Å². The van der Waals surface area contributed by atoms with Crippen LogP contribution in [0.25, 0.3) is 0 Å². The van der Waals surface area contributed by atoms with Crippen molar-refractivity contribution in [1.82, 2.24) is 0 Å². The smallest absolute Gasteiger partial charge is 0.0599 e. The number of hydrogen-bond acceptors (Lipinski definition) is 1. The van der Waals surface area contributed by atoms with Crippen LogP contribution in [0.4, 0.5) is 0 Å². The molecule has 0 spiro atoms. The molecule has 5 atom stereocenters. The van der Waals surface area contributed by atoms with Gasteiger partial charge in [0.15, 0.2) is 0 Å². The van der Waals surface area contributed by atoms with Crippen LogP contribution < -0.4 is 0 Å². The lowest BCUT2D eigenvalue weighted by atomic mass is 9.78. The minimum atomic E-state index is 0.0257. The molecule has 2 fully saturated rings. The quantitative estimate of drug-likeness (QED) is 0.696. The number of aliphatic hydroxyl groups excluding tert-OH is 1. The lowest BCUT2D eigenvalue weighted by Crippen LogP contribution is -2.27. The maximum atomic E-state index is 10.1. The Kier molecular flexibility index (Phi) is 2.64. The second kappa shape index (κ2) is 3.61. The van der Waals surface area contributed by atoms with Crippen LogP contribution in [0.5, 0.6) is 0 Å². The molecule has 0 aromatic carbocycles. The van der Waals surface area contributed by atoms with Gasteiger partial charge in [-0.15, -0.1) is 0 Å². The summed E-state index contributed by atoms with van der Waals surface area (Å²) in [7, 11) is 0. The molecule has 0 aliphatic heterocycles. The van der Waals surface area contributed by atoms with Gasteiger partial charge in [-0.25, -0.2) is 0 Å². The molecule has 1 heteroatoms. The lowest BCUT2D eigenvalue weighted by molar-refractivity contribution is 0.0507. The van der Waals surface area contributed by atoms with E-state index in [1.54, 1.807) is 0 Å². The first-order valence-corrected chi connectivity index (χ1v) is 5.86. The third-order valence-electron chi connectivity index (χ3n) is 4.07. The Bertz CT molecular complexity index is 178. The third-order valence-corrected chi connectivity index (χ3v) is 4.07. The highest BCUT2D eigenvalue weighted by molar-refractivity contribution is 4.92. The van der Waals surface area contributed by atoms with Crippen molar-refractivity contribution in [3.8, 4) is 0 Å². The van der Waals surface area contributed by atoms with Crippen LogP contribution in [-0.2, 0) is 0 Å². The van der Waals surface area contributed by atoms with E-state index in [2.05, 4.69) is 13.8 Å². The Morgan fingerprint density at radius 2 is 1.85 bits per heavy atom. The van der Waals surface area contributed by atoms with Crippen molar-refractivity contribution in [1.29, 1.82) is 0 Å². The van der Waals surface area contributed by atoms with E-state index in [0.717, 1.165) is 11.8 Å². The Labute approximate surface area is 81.5 Å². The lowest BCUT2D eigenvalue weighted by Gasteiger charge is -2.30. The molecular weight excluding hydrogens is 160 g/mol.